The van der Waals surface area contributed by atoms with E-state index in [0.29, 0.717) is 18.2 Å². The van der Waals surface area contributed by atoms with Crippen molar-refractivity contribution in [3.8, 4) is 11.4 Å². The van der Waals surface area contributed by atoms with Crippen molar-refractivity contribution >= 4 is 21.8 Å². The first-order chi connectivity index (χ1) is 11.7. The molecule has 0 saturated heterocycles. The first-order valence-corrected chi connectivity index (χ1v) is 8.33. The van der Waals surface area contributed by atoms with Crippen LogP contribution in [0.2, 0.25) is 0 Å². The third-order valence-corrected chi connectivity index (χ3v) is 3.84. The molecule has 3 aromatic rings. The highest BCUT2D eigenvalue weighted by molar-refractivity contribution is 9.10. The normalized spacial score (nSPS) is 10.5. The summed E-state index contributed by atoms with van der Waals surface area (Å²) in [6.45, 7) is 0.597. The minimum Gasteiger partial charge on any atom is -0.355 e. The van der Waals surface area contributed by atoms with Gasteiger partial charge in [-0.2, -0.15) is 5.10 Å². The third-order valence-electron chi connectivity index (χ3n) is 3.40. The lowest BCUT2D eigenvalue weighted by Gasteiger charge is -2.03. The van der Waals surface area contributed by atoms with Gasteiger partial charge < -0.3 is 5.32 Å². The number of halogens is 1. The zero-order chi connectivity index (χ0) is 16.8. The summed E-state index contributed by atoms with van der Waals surface area (Å²) in [6.07, 6.45) is 4.34. The molecule has 1 amide bonds. The molecule has 0 fully saturated rings. The number of amides is 1. The molecule has 2 N–H and O–H groups in total. The lowest BCUT2D eigenvalue weighted by atomic mass is 10.1. The lowest BCUT2D eigenvalue weighted by molar-refractivity contribution is -0.120. The molecule has 0 aliphatic rings. The molecule has 0 aliphatic heterocycles. The van der Waals surface area contributed by atoms with E-state index in [9.17, 15) is 4.79 Å². The Hall–Kier alpha value is -2.54. The number of H-pyrrole nitrogens is 1. The van der Waals surface area contributed by atoms with Crippen molar-refractivity contribution in [3.05, 3.63) is 64.7 Å². The zero-order valence-electron chi connectivity index (χ0n) is 12.9. The fourth-order valence-electron chi connectivity index (χ4n) is 2.24. The number of nitrogens with zero attached hydrogens (tertiary/aromatic N) is 3. The zero-order valence-corrected chi connectivity index (χ0v) is 14.5. The molecule has 0 radical (unpaired) electrons. The van der Waals surface area contributed by atoms with Crippen molar-refractivity contribution in [3.63, 3.8) is 0 Å². The van der Waals surface area contributed by atoms with E-state index in [1.807, 2.05) is 36.4 Å². The molecule has 122 valence electrons. The smallest absolute Gasteiger partial charge is 0.227 e. The lowest BCUT2D eigenvalue weighted by Crippen LogP contribution is -2.27. The van der Waals surface area contributed by atoms with E-state index in [1.165, 1.54) is 5.56 Å². The van der Waals surface area contributed by atoms with Gasteiger partial charge in [-0.3, -0.25) is 14.9 Å². The van der Waals surface area contributed by atoms with Crippen LogP contribution in [-0.2, 0) is 17.6 Å². The Bertz CT molecular complexity index is 819. The second kappa shape index (κ2) is 7.83. The molecule has 3 rings (SSSR count). The first-order valence-electron chi connectivity index (χ1n) is 7.53. The van der Waals surface area contributed by atoms with E-state index in [1.54, 1.807) is 12.4 Å². The number of pyridine rings is 1. The van der Waals surface area contributed by atoms with Crippen LogP contribution in [0.25, 0.3) is 11.4 Å². The number of nitrogens with one attached hydrogen (secondary N) is 2. The van der Waals surface area contributed by atoms with Crippen molar-refractivity contribution in [2.45, 2.75) is 12.8 Å². The van der Waals surface area contributed by atoms with Gasteiger partial charge in [-0.15, -0.1) is 0 Å². The summed E-state index contributed by atoms with van der Waals surface area (Å²) in [5, 5.41) is 9.82. The van der Waals surface area contributed by atoms with E-state index < -0.39 is 0 Å². The van der Waals surface area contributed by atoms with Crippen LogP contribution in [0.15, 0.2) is 53.3 Å². The maximum absolute atomic E-state index is 12.0. The maximum atomic E-state index is 12.0. The van der Waals surface area contributed by atoms with Gasteiger partial charge in [0.15, 0.2) is 5.82 Å². The molecule has 0 unspecified atom stereocenters. The molecule has 6 nitrogen and oxygen atoms in total. The second-order valence-corrected chi connectivity index (χ2v) is 6.18. The Morgan fingerprint density at radius 2 is 2.04 bits per heavy atom. The number of aromatic nitrogens is 4. The highest BCUT2D eigenvalue weighted by Gasteiger charge is 2.10. The van der Waals surface area contributed by atoms with Gasteiger partial charge in [-0.1, -0.05) is 30.3 Å². The monoisotopic (exact) mass is 385 g/mol. The summed E-state index contributed by atoms with van der Waals surface area (Å²) in [5.74, 6) is 0.971. The van der Waals surface area contributed by atoms with Crippen LogP contribution in [-0.4, -0.2) is 32.6 Å². The first kappa shape index (κ1) is 16.3. The van der Waals surface area contributed by atoms with Crippen molar-refractivity contribution < 1.29 is 4.79 Å². The minimum absolute atomic E-state index is 0.0824. The molecule has 7 heteroatoms. The van der Waals surface area contributed by atoms with Crippen LogP contribution in [0.4, 0.5) is 0 Å². The number of carbonyl (C=O) groups excluding carboxylic acids is 1. The topological polar surface area (TPSA) is 83.6 Å². The Kier molecular flexibility index (Phi) is 5.32. The van der Waals surface area contributed by atoms with Crippen molar-refractivity contribution in [2.24, 2.45) is 0 Å². The molecule has 24 heavy (non-hydrogen) atoms. The van der Waals surface area contributed by atoms with Crippen molar-refractivity contribution in [1.29, 1.82) is 0 Å². The number of carbonyl (C=O) groups is 1. The van der Waals surface area contributed by atoms with Gasteiger partial charge >= 0.3 is 0 Å². The molecule has 2 heterocycles. The van der Waals surface area contributed by atoms with Crippen LogP contribution < -0.4 is 5.32 Å². The van der Waals surface area contributed by atoms with Gasteiger partial charge in [0.2, 0.25) is 5.91 Å². The molecular weight excluding hydrogens is 370 g/mol. The summed E-state index contributed by atoms with van der Waals surface area (Å²) in [5.41, 5.74) is 1.98. The molecule has 0 aliphatic carbocycles. The van der Waals surface area contributed by atoms with Gasteiger partial charge in [0.25, 0.3) is 0 Å². The van der Waals surface area contributed by atoms with Gasteiger partial charge in [0.05, 0.1) is 6.42 Å². The van der Waals surface area contributed by atoms with Gasteiger partial charge in [0, 0.05) is 29.0 Å². The predicted molar refractivity (Wildman–Crippen MR) is 94.2 cm³/mol. The van der Waals surface area contributed by atoms with Crippen molar-refractivity contribution in [1.82, 2.24) is 25.5 Å². The van der Waals surface area contributed by atoms with Gasteiger partial charge in [-0.05, 0) is 34.0 Å². The number of hydrogen-bond acceptors (Lipinski definition) is 4. The highest BCUT2D eigenvalue weighted by Crippen LogP contribution is 2.18. The summed E-state index contributed by atoms with van der Waals surface area (Å²) in [6, 6.07) is 11.9. The van der Waals surface area contributed by atoms with Gasteiger partial charge in [-0.25, -0.2) is 4.98 Å². The standard InChI is InChI=1S/C17H16BrN5O/c18-14-8-13(10-19-11-14)17-21-15(22-23-17)9-16(24)20-7-6-12-4-2-1-3-5-12/h1-5,8,10-11H,6-7,9H2,(H,20,24)(H,21,22,23). The van der Waals surface area contributed by atoms with E-state index in [0.717, 1.165) is 16.5 Å². The maximum Gasteiger partial charge on any atom is 0.227 e. The van der Waals surface area contributed by atoms with E-state index in [2.05, 4.69) is 41.4 Å². The van der Waals surface area contributed by atoms with Gasteiger partial charge in [0.1, 0.15) is 5.82 Å². The summed E-state index contributed by atoms with van der Waals surface area (Å²) >= 11 is 3.36. The molecule has 2 aromatic heterocycles. The van der Waals surface area contributed by atoms with E-state index in [4.69, 9.17) is 0 Å². The molecular formula is C17H16BrN5O. The van der Waals surface area contributed by atoms with Crippen LogP contribution in [0.5, 0.6) is 0 Å². The van der Waals surface area contributed by atoms with E-state index >= 15 is 0 Å². The molecule has 1 aromatic carbocycles. The van der Waals surface area contributed by atoms with Crippen LogP contribution in [0.3, 0.4) is 0 Å². The fourth-order valence-corrected chi connectivity index (χ4v) is 2.61. The number of rotatable bonds is 6. The Morgan fingerprint density at radius 1 is 1.21 bits per heavy atom. The number of hydrogen-bond donors (Lipinski definition) is 2. The molecule has 0 saturated carbocycles. The molecule has 0 atom stereocenters. The SMILES string of the molecule is O=C(Cc1nc(-c2cncc(Br)c2)n[nH]1)NCCc1ccccc1. The summed E-state index contributed by atoms with van der Waals surface area (Å²) in [7, 11) is 0. The fraction of sp³-hybridized carbons (Fsp3) is 0.176. The second-order valence-electron chi connectivity index (χ2n) is 5.26. The summed E-state index contributed by atoms with van der Waals surface area (Å²) in [4.78, 5) is 20.4. The number of benzene rings is 1. The molecule has 0 spiro atoms. The van der Waals surface area contributed by atoms with E-state index in [-0.39, 0.29) is 12.3 Å². The predicted octanol–water partition coefficient (Wildman–Crippen LogP) is 2.53. The largest absolute Gasteiger partial charge is 0.355 e. The summed E-state index contributed by atoms with van der Waals surface area (Å²) < 4.78 is 0.852. The minimum atomic E-state index is -0.0824. The third kappa shape index (κ3) is 4.48. The highest BCUT2D eigenvalue weighted by atomic mass is 79.9. The Labute approximate surface area is 147 Å². The number of aromatic amines is 1. The van der Waals surface area contributed by atoms with Crippen LogP contribution in [0, 0.1) is 0 Å². The quantitative estimate of drug-likeness (QED) is 0.682. The Balaban J connectivity index is 1.52. The average Bonchev–Trinajstić information content (AvgIpc) is 3.04. The molecule has 0 bridgehead atoms. The Morgan fingerprint density at radius 3 is 2.83 bits per heavy atom. The van der Waals surface area contributed by atoms with Crippen LogP contribution in [0.1, 0.15) is 11.4 Å². The van der Waals surface area contributed by atoms with Crippen LogP contribution >= 0.6 is 15.9 Å². The van der Waals surface area contributed by atoms with Crippen molar-refractivity contribution in [2.75, 3.05) is 6.54 Å². The average molecular weight is 386 g/mol.